The quantitative estimate of drug-likeness (QED) is 0.508. The van der Waals surface area contributed by atoms with Gasteiger partial charge in [-0.2, -0.15) is 0 Å². The normalized spacial score (nSPS) is 16.6. The molecule has 1 heteroatoms. The molecule has 0 saturated carbocycles. The average Bonchev–Trinajstić information content (AvgIpc) is 2.97. The van der Waals surface area contributed by atoms with Gasteiger partial charge in [-0.25, -0.2) is 0 Å². The van der Waals surface area contributed by atoms with Crippen LogP contribution in [0.3, 0.4) is 0 Å². The van der Waals surface area contributed by atoms with E-state index >= 15 is 0 Å². The fourth-order valence-electron chi connectivity index (χ4n) is 4.74. The molecule has 0 atom stereocenters. The van der Waals surface area contributed by atoms with Crippen LogP contribution in [0.4, 0.5) is 11.4 Å². The summed E-state index contributed by atoms with van der Waals surface area (Å²) < 4.78 is 0. The monoisotopic (exact) mass is 363 g/mol. The predicted octanol–water partition coefficient (Wildman–Crippen LogP) is 7.49. The van der Waals surface area contributed by atoms with Crippen LogP contribution in [0.1, 0.15) is 37.8 Å². The van der Waals surface area contributed by atoms with Crippen LogP contribution in [0.2, 0.25) is 0 Å². The van der Waals surface area contributed by atoms with E-state index in [9.17, 15) is 0 Å². The molecule has 1 N–H and O–H groups in total. The fourth-order valence-corrected chi connectivity index (χ4v) is 4.74. The summed E-state index contributed by atoms with van der Waals surface area (Å²) in [6.07, 6.45) is 6.96. The lowest BCUT2D eigenvalue weighted by Crippen LogP contribution is -2.17. The summed E-state index contributed by atoms with van der Waals surface area (Å²) in [5.41, 5.74) is 10.7. The Hall–Kier alpha value is -3.06. The van der Waals surface area contributed by atoms with Crippen LogP contribution in [0.25, 0.3) is 16.7 Å². The van der Waals surface area contributed by atoms with E-state index in [1.807, 2.05) is 0 Å². The van der Waals surface area contributed by atoms with Gasteiger partial charge in [-0.1, -0.05) is 86.2 Å². The van der Waals surface area contributed by atoms with Gasteiger partial charge in [-0.3, -0.25) is 0 Å². The zero-order valence-electron chi connectivity index (χ0n) is 16.5. The minimum Gasteiger partial charge on any atom is -0.355 e. The number of allylic oxidation sites excluding steroid dienone is 4. The van der Waals surface area contributed by atoms with Crippen molar-refractivity contribution in [2.75, 3.05) is 5.32 Å². The number of fused-ring (bicyclic) bond motifs is 2. The number of hydrogen-bond acceptors (Lipinski definition) is 1. The number of benzene rings is 3. The Kier molecular flexibility index (Phi) is 3.98. The van der Waals surface area contributed by atoms with Crippen molar-refractivity contribution in [1.82, 2.24) is 0 Å². The van der Waals surface area contributed by atoms with Crippen molar-refractivity contribution in [1.29, 1.82) is 0 Å². The van der Waals surface area contributed by atoms with Gasteiger partial charge in [-0.05, 0) is 53.3 Å². The van der Waals surface area contributed by atoms with Crippen molar-refractivity contribution in [2.24, 2.45) is 0 Å². The van der Waals surface area contributed by atoms with Crippen LogP contribution < -0.4 is 5.32 Å². The Balaban J connectivity index is 1.56. The number of hydrogen-bond donors (Lipinski definition) is 1. The average molecular weight is 364 g/mol. The third-order valence-corrected chi connectivity index (χ3v) is 6.18. The smallest absolute Gasteiger partial charge is 0.0467 e. The molecule has 0 bridgehead atoms. The maximum absolute atomic E-state index is 3.72. The highest BCUT2D eigenvalue weighted by Crippen LogP contribution is 2.52. The molecule has 28 heavy (non-hydrogen) atoms. The highest BCUT2D eigenvalue weighted by molar-refractivity contribution is 5.93. The molecule has 2 aliphatic rings. The summed E-state index contributed by atoms with van der Waals surface area (Å²) >= 11 is 0. The van der Waals surface area contributed by atoms with Crippen molar-refractivity contribution in [2.45, 2.75) is 32.1 Å². The van der Waals surface area contributed by atoms with Gasteiger partial charge in [0.25, 0.3) is 0 Å². The van der Waals surface area contributed by atoms with Crippen LogP contribution >= 0.6 is 0 Å². The van der Waals surface area contributed by atoms with E-state index in [2.05, 4.69) is 104 Å². The second kappa shape index (κ2) is 6.53. The first-order valence-corrected chi connectivity index (χ1v) is 10.1. The topological polar surface area (TPSA) is 12.0 Å². The van der Waals surface area contributed by atoms with Crippen LogP contribution in [0, 0.1) is 0 Å². The first-order chi connectivity index (χ1) is 13.6. The van der Waals surface area contributed by atoms with Gasteiger partial charge >= 0.3 is 0 Å². The first kappa shape index (κ1) is 17.1. The minimum atomic E-state index is 0.110. The lowest BCUT2D eigenvalue weighted by molar-refractivity contribution is 0.607. The fraction of sp³-hybridized carbons (Fsp3) is 0.185. The zero-order valence-corrected chi connectivity index (χ0v) is 16.5. The van der Waals surface area contributed by atoms with Gasteiger partial charge < -0.3 is 5.32 Å². The zero-order chi connectivity index (χ0) is 19.1. The number of rotatable bonds is 3. The lowest BCUT2D eigenvalue weighted by Gasteiger charge is -2.25. The molecular weight excluding hydrogens is 338 g/mol. The highest BCUT2D eigenvalue weighted by Gasteiger charge is 2.38. The first-order valence-electron chi connectivity index (χ1n) is 10.1. The Morgan fingerprint density at radius 3 is 2.46 bits per heavy atom. The maximum atomic E-state index is 3.72. The van der Waals surface area contributed by atoms with E-state index in [-0.39, 0.29) is 5.41 Å². The molecule has 0 aliphatic heterocycles. The molecule has 0 saturated heterocycles. The molecular formula is C27H25N. The van der Waals surface area contributed by atoms with E-state index in [1.54, 1.807) is 5.57 Å². The molecule has 5 rings (SSSR count). The summed E-state index contributed by atoms with van der Waals surface area (Å²) in [7, 11) is 0. The molecule has 0 aromatic heterocycles. The summed E-state index contributed by atoms with van der Waals surface area (Å²) in [5, 5.41) is 3.72. The Morgan fingerprint density at radius 2 is 1.61 bits per heavy atom. The highest BCUT2D eigenvalue weighted by atomic mass is 14.9. The van der Waals surface area contributed by atoms with Crippen molar-refractivity contribution >= 4 is 16.9 Å². The summed E-state index contributed by atoms with van der Waals surface area (Å²) in [6, 6.07) is 25.9. The summed E-state index contributed by atoms with van der Waals surface area (Å²) in [5.74, 6) is 0. The number of anilines is 2. The third-order valence-electron chi connectivity index (χ3n) is 6.18. The van der Waals surface area contributed by atoms with E-state index in [1.165, 1.54) is 33.5 Å². The molecule has 0 unspecified atom stereocenters. The van der Waals surface area contributed by atoms with Gasteiger partial charge in [0, 0.05) is 22.4 Å². The molecule has 2 aliphatic carbocycles. The van der Waals surface area contributed by atoms with Gasteiger partial charge in [0.05, 0.1) is 0 Å². The van der Waals surface area contributed by atoms with E-state index in [0.29, 0.717) is 0 Å². The van der Waals surface area contributed by atoms with Crippen molar-refractivity contribution in [3.05, 3.63) is 102 Å². The van der Waals surface area contributed by atoms with Crippen LogP contribution in [0.15, 0.2) is 90.5 Å². The van der Waals surface area contributed by atoms with Crippen LogP contribution in [-0.2, 0) is 5.41 Å². The molecule has 0 heterocycles. The molecule has 0 radical (unpaired) electrons. The third kappa shape index (κ3) is 2.70. The van der Waals surface area contributed by atoms with Crippen molar-refractivity contribution in [3.8, 4) is 11.1 Å². The maximum Gasteiger partial charge on any atom is 0.0467 e. The van der Waals surface area contributed by atoms with E-state index < -0.39 is 0 Å². The molecule has 3 aromatic rings. The van der Waals surface area contributed by atoms with Crippen molar-refractivity contribution < 1.29 is 0 Å². The van der Waals surface area contributed by atoms with E-state index in [0.717, 1.165) is 18.5 Å². The largest absolute Gasteiger partial charge is 0.355 e. The number of nitrogens with one attached hydrogen (secondary N) is 1. The van der Waals surface area contributed by atoms with Gasteiger partial charge in [0.15, 0.2) is 0 Å². The molecule has 3 aromatic carbocycles. The molecule has 0 amide bonds. The SMILES string of the molecule is CC1(C)C2=C(C=CCC2)c2c(Nc3cccc(-c4ccccc4)c3)cccc21. The molecule has 1 nitrogen and oxygen atoms in total. The molecule has 0 spiro atoms. The summed E-state index contributed by atoms with van der Waals surface area (Å²) in [6.45, 7) is 4.74. The minimum absolute atomic E-state index is 0.110. The van der Waals surface area contributed by atoms with E-state index in [4.69, 9.17) is 0 Å². The van der Waals surface area contributed by atoms with Gasteiger partial charge in [0.1, 0.15) is 0 Å². The summed E-state index contributed by atoms with van der Waals surface area (Å²) in [4.78, 5) is 0. The van der Waals surface area contributed by atoms with Crippen LogP contribution in [0.5, 0.6) is 0 Å². The lowest BCUT2D eigenvalue weighted by atomic mass is 9.78. The Bertz CT molecular complexity index is 1100. The second-order valence-corrected chi connectivity index (χ2v) is 8.26. The van der Waals surface area contributed by atoms with Crippen molar-refractivity contribution in [3.63, 3.8) is 0 Å². The Morgan fingerprint density at radius 1 is 0.821 bits per heavy atom. The molecule has 138 valence electrons. The Labute approximate surface area is 167 Å². The van der Waals surface area contributed by atoms with Gasteiger partial charge in [0.2, 0.25) is 0 Å². The predicted molar refractivity (Wildman–Crippen MR) is 120 cm³/mol. The van der Waals surface area contributed by atoms with Crippen LogP contribution in [-0.4, -0.2) is 0 Å². The molecule has 0 fully saturated rings. The van der Waals surface area contributed by atoms with Gasteiger partial charge in [-0.15, -0.1) is 0 Å². The standard InChI is InChI=1S/C27H25N/c1-27(2)23-15-7-6-14-22(23)26-24(27)16-9-17-25(26)28-21-13-8-12-20(18-21)19-10-4-3-5-11-19/h3-6,8-14,16-18,28H,7,15H2,1-2H3. The second-order valence-electron chi connectivity index (χ2n) is 8.26.